The van der Waals surface area contributed by atoms with Crippen molar-refractivity contribution in [3.8, 4) is 62.1 Å². The average molecular weight is 729 g/mol. The third-order valence-electron chi connectivity index (χ3n) is 11.5. The van der Waals surface area contributed by atoms with Gasteiger partial charge in [0.25, 0.3) is 0 Å². The number of fused-ring (bicyclic) bond motifs is 9. The molecule has 3 aromatic heterocycles. The van der Waals surface area contributed by atoms with Crippen LogP contribution in [0.2, 0.25) is 0 Å². The molecule has 0 spiro atoms. The van der Waals surface area contributed by atoms with E-state index in [1.165, 1.54) is 33.2 Å². The molecule has 0 aliphatic heterocycles. The molecule has 5 heteroatoms. The van der Waals surface area contributed by atoms with Crippen LogP contribution in [0.25, 0.3) is 106 Å². The van der Waals surface area contributed by atoms with Crippen LogP contribution in [0.1, 0.15) is 11.1 Å². The van der Waals surface area contributed by atoms with Crippen molar-refractivity contribution in [2.75, 3.05) is 0 Å². The van der Waals surface area contributed by atoms with E-state index in [4.69, 9.17) is 19.4 Å². The zero-order valence-corrected chi connectivity index (χ0v) is 30.7. The Morgan fingerprint density at radius 2 is 1.00 bits per heavy atom. The van der Waals surface area contributed by atoms with E-state index in [9.17, 15) is 0 Å². The SMILES string of the molecule is c1ccc(-c2cccc(-c3nc(-c4ccc5c(c4)-c4ccccc4C5)nc(-c4ccc5c(c4)oc4cc6c7ccccc7n(-c7ccccc7)c6cc45)n3)c2)cc1. The van der Waals surface area contributed by atoms with Crippen molar-refractivity contribution < 1.29 is 4.42 Å². The van der Waals surface area contributed by atoms with Gasteiger partial charge in [0.2, 0.25) is 0 Å². The summed E-state index contributed by atoms with van der Waals surface area (Å²) in [6.45, 7) is 0. The summed E-state index contributed by atoms with van der Waals surface area (Å²) in [6.07, 6.45) is 0.934. The second-order valence-electron chi connectivity index (χ2n) is 14.8. The molecule has 1 aliphatic carbocycles. The zero-order valence-electron chi connectivity index (χ0n) is 30.7. The van der Waals surface area contributed by atoms with Crippen molar-refractivity contribution in [3.05, 3.63) is 193 Å². The number of hydrogen-bond donors (Lipinski definition) is 0. The van der Waals surface area contributed by atoms with Gasteiger partial charge in [-0.15, -0.1) is 0 Å². The average Bonchev–Trinajstić information content (AvgIpc) is 3.94. The van der Waals surface area contributed by atoms with Crippen molar-refractivity contribution >= 4 is 43.7 Å². The maximum atomic E-state index is 6.68. The second kappa shape index (κ2) is 12.4. The minimum Gasteiger partial charge on any atom is -0.456 e. The third-order valence-corrected chi connectivity index (χ3v) is 11.5. The maximum Gasteiger partial charge on any atom is 0.164 e. The molecule has 1 aliphatic rings. The second-order valence-corrected chi connectivity index (χ2v) is 14.8. The lowest BCUT2D eigenvalue weighted by Crippen LogP contribution is -2.00. The third kappa shape index (κ3) is 5.13. The van der Waals surface area contributed by atoms with Gasteiger partial charge < -0.3 is 8.98 Å². The molecule has 57 heavy (non-hydrogen) atoms. The topological polar surface area (TPSA) is 56.7 Å². The lowest BCUT2D eigenvalue weighted by atomic mass is 10.0. The van der Waals surface area contributed by atoms with Crippen LogP contribution in [-0.4, -0.2) is 19.5 Å². The number of rotatable bonds is 5. The molecule has 0 amide bonds. The van der Waals surface area contributed by atoms with Gasteiger partial charge >= 0.3 is 0 Å². The Hall–Kier alpha value is -7.63. The Kier molecular flexibility index (Phi) is 6.92. The summed E-state index contributed by atoms with van der Waals surface area (Å²) in [5.41, 5.74) is 15.2. The van der Waals surface area contributed by atoms with Gasteiger partial charge in [-0.2, -0.15) is 0 Å². The quantitative estimate of drug-likeness (QED) is 0.177. The summed E-state index contributed by atoms with van der Waals surface area (Å²) in [5, 5.41) is 4.46. The molecule has 0 atom stereocenters. The van der Waals surface area contributed by atoms with Crippen LogP contribution in [0.4, 0.5) is 0 Å². The van der Waals surface area contributed by atoms with Gasteiger partial charge in [-0.1, -0.05) is 127 Å². The zero-order chi connectivity index (χ0) is 37.5. The molecule has 0 radical (unpaired) electrons. The van der Waals surface area contributed by atoms with Crippen LogP contribution in [-0.2, 0) is 6.42 Å². The number of nitrogens with zero attached hydrogens (tertiary/aromatic N) is 4. The predicted molar refractivity (Wildman–Crippen MR) is 231 cm³/mol. The van der Waals surface area contributed by atoms with E-state index in [1.807, 2.05) is 6.07 Å². The summed E-state index contributed by atoms with van der Waals surface area (Å²) in [5.74, 6) is 1.85. The van der Waals surface area contributed by atoms with Crippen molar-refractivity contribution in [1.29, 1.82) is 0 Å². The van der Waals surface area contributed by atoms with E-state index in [0.717, 1.165) is 72.8 Å². The van der Waals surface area contributed by atoms with Crippen molar-refractivity contribution in [1.82, 2.24) is 19.5 Å². The molecule has 0 bridgehead atoms. The van der Waals surface area contributed by atoms with Gasteiger partial charge in [-0.3, -0.25) is 0 Å². The number of hydrogen-bond acceptors (Lipinski definition) is 4. The monoisotopic (exact) mass is 728 g/mol. The highest BCUT2D eigenvalue weighted by Crippen LogP contribution is 2.41. The van der Waals surface area contributed by atoms with E-state index in [2.05, 4.69) is 180 Å². The van der Waals surface area contributed by atoms with E-state index in [0.29, 0.717) is 17.5 Å². The van der Waals surface area contributed by atoms with E-state index >= 15 is 0 Å². The van der Waals surface area contributed by atoms with Crippen molar-refractivity contribution in [2.24, 2.45) is 0 Å². The fourth-order valence-corrected chi connectivity index (χ4v) is 8.73. The molecule has 0 N–H and O–H groups in total. The Balaban J connectivity index is 1.03. The molecule has 12 rings (SSSR count). The molecule has 266 valence electrons. The van der Waals surface area contributed by atoms with Crippen LogP contribution in [0, 0.1) is 0 Å². The largest absolute Gasteiger partial charge is 0.456 e. The lowest BCUT2D eigenvalue weighted by molar-refractivity contribution is 0.669. The molecular weight excluding hydrogens is 697 g/mol. The number of furan rings is 1. The van der Waals surface area contributed by atoms with Crippen LogP contribution in [0.5, 0.6) is 0 Å². The van der Waals surface area contributed by atoms with E-state index in [1.54, 1.807) is 0 Å². The highest BCUT2D eigenvalue weighted by molar-refractivity contribution is 6.17. The predicted octanol–water partition coefficient (Wildman–Crippen LogP) is 13.1. The Morgan fingerprint density at radius 3 is 1.84 bits per heavy atom. The summed E-state index contributed by atoms with van der Waals surface area (Å²) >= 11 is 0. The van der Waals surface area contributed by atoms with E-state index < -0.39 is 0 Å². The molecular formula is C52H32N4O. The smallest absolute Gasteiger partial charge is 0.164 e. The molecule has 3 heterocycles. The summed E-state index contributed by atoms with van der Waals surface area (Å²) < 4.78 is 9.03. The highest BCUT2D eigenvalue weighted by Gasteiger charge is 2.21. The molecule has 8 aromatic carbocycles. The first-order valence-corrected chi connectivity index (χ1v) is 19.3. The summed E-state index contributed by atoms with van der Waals surface area (Å²) in [6, 6.07) is 64.0. The van der Waals surface area contributed by atoms with Gasteiger partial charge in [0.1, 0.15) is 11.2 Å². The molecule has 5 nitrogen and oxygen atoms in total. The van der Waals surface area contributed by atoms with Gasteiger partial charge in [0, 0.05) is 43.9 Å². The first kappa shape index (κ1) is 31.7. The minimum atomic E-state index is 0.593. The number of benzene rings is 8. The van der Waals surface area contributed by atoms with Crippen molar-refractivity contribution in [3.63, 3.8) is 0 Å². The van der Waals surface area contributed by atoms with Gasteiger partial charge in [0.15, 0.2) is 17.5 Å². The highest BCUT2D eigenvalue weighted by atomic mass is 16.3. The fourth-order valence-electron chi connectivity index (χ4n) is 8.73. The van der Waals surface area contributed by atoms with Gasteiger partial charge in [-0.25, -0.2) is 15.0 Å². The van der Waals surface area contributed by atoms with Crippen LogP contribution in [0.15, 0.2) is 186 Å². The maximum absolute atomic E-state index is 6.68. The lowest BCUT2D eigenvalue weighted by Gasteiger charge is -2.11. The summed E-state index contributed by atoms with van der Waals surface area (Å²) in [7, 11) is 0. The molecule has 0 saturated carbocycles. The fraction of sp³-hybridized carbons (Fsp3) is 0.0192. The minimum absolute atomic E-state index is 0.593. The van der Waals surface area contributed by atoms with Crippen molar-refractivity contribution in [2.45, 2.75) is 6.42 Å². The van der Waals surface area contributed by atoms with Crippen LogP contribution >= 0.6 is 0 Å². The Labute approximate surface area is 328 Å². The van der Waals surface area contributed by atoms with Crippen LogP contribution in [0.3, 0.4) is 0 Å². The normalized spacial score (nSPS) is 12.1. The first-order valence-electron chi connectivity index (χ1n) is 19.3. The van der Waals surface area contributed by atoms with E-state index in [-0.39, 0.29) is 0 Å². The molecule has 0 unspecified atom stereocenters. The van der Waals surface area contributed by atoms with Gasteiger partial charge in [-0.05, 0) is 94.4 Å². The number of aromatic nitrogens is 4. The molecule has 11 aromatic rings. The Bertz CT molecular complexity index is 3380. The molecule has 0 fully saturated rings. The standard InChI is InChI=1S/C52H32N4O/c1-3-12-32(13-4-1)33-15-11-16-36(26-33)50-53-51(37-23-22-35-27-34-14-7-8-19-40(34)43(35)28-37)55-52(54-50)38-24-25-42-45-30-47-44(31-49(45)57-48(42)29-38)41-20-9-10-21-46(41)56(47)39-17-5-2-6-18-39/h1-26,28-31H,27H2. The first-order chi connectivity index (χ1) is 28.2. The Morgan fingerprint density at radius 1 is 0.368 bits per heavy atom. The van der Waals surface area contributed by atoms with Gasteiger partial charge in [0.05, 0.1) is 11.0 Å². The number of para-hydroxylation sites is 2. The van der Waals surface area contributed by atoms with Crippen LogP contribution < -0.4 is 0 Å². The summed E-state index contributed by atoms with van der Waals surface area (Å²) in [4.78, 5) is 15.5. The molecule has 0 saturated heterocycles.